The molecule has 3 saturated heterocycles. The van der Waals surface area contributed by atoms with E-state index in [4.69, 9.17) is 18.9 Å². The first kappa shape index (κ1) is 69.2. The molecule has 5 heterocycles. The summed E-state index contributed by atoms with van der Waals surface area (Å²) in [6.45, 7) is 20.2. The third-order valence-corrected chi connectivity index (χ3v) is 17.9. The number of ether oxygens (including phenoxy) is 4. The standard InChI is InChI=1S/C68H87F3N10O12/c1-40-33-78(49(35-77-25-28-91-38-41(77)2)36-79(40)65(89)93-67(7,8)9)37-56(83)81-39-68(10,51-22-17-44(30-54(51)81)29-43-15-19-47(69)20-16-43)63(87)72-32-55(82)73-48-21-18-46-34-80(59(50(46)31-48)61(85)75-58-52(70)13-12-14-53(58)71)62(86)57(45-23-26-90-27-24-45)74-60(84)42(3)76(11)64(88)92-66(4,5)6/h12-22,30-31,40-42,45,49,57,59H,23-29,32-39H2,1-11H3,(H,72,87)(H,73,82)(H,74,84)(H,75,85)/t40-,41+,42-,49-,57-,59-,68+/m0/s1. The summed E-state index contributed by atoms with van der Waals surface area (Å²) in [5.74, 6) is -7.02. The van der Waals surface area contributed by atoms with Gasteiger partial charge >= 0.3 is 12.2 Å². The monoisotopic (exact) mass is 1290 g/mol. The zero-order valence-corrected chi connectivity index (χ0v) is 54.9. The van der Waals surface area contributed by atoms with E-state index in [9.17, 15) is 33.2 Å². The molecule has 0 spiro atoms. The van der Waals surface area contributed by atoms with E-state index < -0.39 is 106 Å². The zero-order valence-electron chi connectivity index (χ0n) is 54.9. The van der Waals surface area contributed by atoms with Crippen molar-refractivity contribution in [2.75, 3.05) is 94.8 Å². The minimum Gasteiger partial charge on any atom is -0.444 e. The molecule has 4 aromatic rings. The predicted octanol–water partition coefficient (Wildman–Crippen LogP) is 7.27. The number of fused-ring (bicyclic) bond motifs is 2. The zero-order chi connectivity index (χ0) is 67.4. The minimum atomic E-state index is -1.57. The van der Waals surface area contributed by atoms with Gasteiger partial charge in [-0.1, -0.05) is 36.4 Å². The summed E-state index contributed by atoms with van der Waals surface area (Å²) >= 11 is 0. The van der Waals surface area contributed by atoms with Gasteiger partial charge < -0.3 is 54.9 Å². The molecule has 22 nitrogen and oxygen atoms in total. The van der Waals surface area contributed by atoms with Crippen LogP contribution in [0.25, 0.3) is 0 Å². The number of nitrogens with one attached hydrogen (secondary N) is 4. The summed E-state index contributed by atoms with van der Waals surface area (Å²) in [5, 5.41) is 10.7. The van der Waals surface area contributed by atoms with Crippen molar-refractivity contribution in [2.45, 2.75) is 148 Å². The molecule has 3 fully saturated rings. The average Bonchev–Trinajstić information content (AvgIpc) is 1.61. The van der Waals surface area contributed by atoms with E-state index in [1.54, 1.807) is 61.8 Å². The molecule has 0 bridgehead atoms. The average molecular weight is 1290 g/mol. The number of rotatable bonds is 17. The highest BCUT2D eigenvalue weighted by Crippen LogP contribution is 2.43. The van der Waals surface area contributed by atoms with Gasteiger partial charge in [-0.15, -0.1) is 0 Å². The number of amides is 8. The molecule has 502 valence electrons. The van der Waals surface area contributed by atoms with Gasteiger partial charge in [0.15, 0.2) is 0 Å². The molecule has 25 heteroatoms. The molecule has 0 saturated carbocycles. The Kier molecular flexibility index (Phi) is 21.3. The summed E-state index contributed by atoms with van der Waals surface area (Å²) in [7, 11) is 1.39. The molecule has 5 aliphatic rings. The first-order valence-corrected chi connectivity index (χ1v) is 31.7. The van der Waals surface area contributed by atoms with Gasteiger partial charge in [-0.3, -0.25) is 43.5 Å². The van der Waals surface area contributed by atoms with E-state index in [1.165, 1.54) is 43.1 Å². The number of morpholine rings is 1. The van der Waals surface area contributed by atoms with Crippen molar-refractivity contribution in [3.63, 3.8) is 0 Å². The van der Waals surface area contributed by atoms with Crippen LogP contribution in [0.15, 0.2) is 78.9 Å². The Labute approximate surface area is 541 Å². The summed E-state index contributed by atoms with van der Waals surface area (Å²) in [6, 6.07) is 14.7. The number of benzene rings is 4. The maximum absolute atomic E-state index is 15.2. The molecule has 93 heavy (non-hydrogen) atoms. The van der Waals surface area contributed by atoms with Crippen molar-refractivity contribution >= 4 is 64.7 Å². The lowest BCUT2D eigenvalue weighted by Crippen LogP contribution is -2.64. The molecular weight excluding hydrogens is 1210 g/mol. The largest absolute Gasteiger partial charge is 0.444 e. The second-order valence-corrected chi connectivity index (χ2v) is 27.3. The second-order valence-electron chi connectivity index (χ2n) is 27.3. The fourth-order valence-corrected chi connectivity index (χ4v) is 12.7. The Balaban J connectivity index is 0.947. The predicted molar refractivity (Wildman–Crippen MR) is 340 cm³/mol. The molecule has 0 aliphatic carbocycles. The van der Waals surface area contributed by atoms with Crippen LogP contribution in [0.5, 0.6) is 0 Å². The van der Waals surface area contributed by atoms with Crippen LogP contribution >= 0.6 is 0 Å². The summed E-state index contributed by atoms with van der Waals surface area (Å²) in [5.41, 5.74) is -0.379. The normalized spacial score (nSPS) is 21.8. The van der Waals surface area contributed by atoms with Crippen molar-refractivity contribution in [3.8, 4) is 0 Å². The Morgan fingerprint density at radius 3 is 2.12 bits per heavy atom. The van der Waals surface area contributed by atoms with Crippen molar-refractivity contribution in [1.29, 1.82) is 0 Å². The molecule has 7 atom stereocenters. The molecule has 4 N–H and O–H groups in total. The molecular formula is C68H87F3N10O12. The summed E-state index contributed by atoms with van der Waals surface area (Å²) in [4.78, 5) is 125. The van der Waals surface area contributed by atoms with E-state index >= 15 is 18.4 Å². The molecule has 0 radical (unpaired) electrons. The topological polar surface area (TPSA) is 241 Å². The van der Waals surface area contributed by atoms with E-state index in [2.05, 4.69) is 38.0 Å². The maximum Gasteiger partial charge on any atom is 0.410 e. The SMILES string of the molecule is C[C@@H]1COCCN1C[C@H]1CN(C(=O)OC(C)(C)C)[C@@H](C)CN1CC(=O)N1C[C@@](C)(C(=O)NCC(=O)Nc2ccc3c(c2)[C@@H](C(=O)Nc2c(F)cccc2F)N(C(=O)[C@@H](NC(=O)[C@H](C)N(C)C(=O)OC(C)(C)C)C2CCOCC2)C3)c2ccc(Cc3ccc(F)cc3)cc21. The fourth-order valence-electron chi connectivity index (χ4n) is 12.7. The number of halogens is 3. The Bertz CT molecular complexity index is 3450. The maximum atomic E-state index is 15.2. The van der Waals surface area contributed by atoms with Gasteiger partial charge in [0.2, 0.25) is 29.5 Å². The second kappa shape index (κ2) is 28.6. The smallest absolute Gasteiger partial charge is 0.410 e. The van der Waals surface area contributed by atoms with Crippen LogP contribution < -0.4 is 26.2 Å². The Morgan fingerprint density at radius 1 is 0.774 bits per heavy atom. The number of hydrogen-bond acceptors (Lipinski definition) is 14. The highest BCUT2D eigenvalue weighted by atomic mass is 19.1. The van der Waals surface area contributed by atoms with E-state index in [-0.39, 0.29) is 73.9 Å². The summed E-state index contributed by atoms with van der Waals surface area (Å²) < 4.78 is 67.2. The van der Waals surface area contributed by atoms with Crippen LogP contribution in [0.2, 0.25) is 0 Å². The van der Waals surface area contributed by atoms with Crippen molar-refractivity contribution < 1.29 is 70.5 Å². The summed E-state index contributed by atoms with van der Waals surface area (Å²) in [6.07, 6.45) is -0.153. The van der Waals surface area contributed by atoms with Gasteiger partial charge in [0, 0.05) is 89.0 Å². The number of para-hydroxylation sites is 1. The molecule has 9 rings (SSSR count). The molecule has 0 unspecified atom stereocenters. The Morgan fingerprint density at radius 2 is 1.45 bits per heavy atom. The number of carbonyl (C=O) groups excluding carboxylic acids is 8. The molecule has 8 amide bonds. The first-order chi connectivity index (χ1) is 43.9. The number of piperazine rings is 1. The van der Waals surface area contributed by atoms with Crippen LogP contribution in [0.1, 0.15) is 116 Å². The van der Waals surface area contributed by atoms with Gasteiger partial charge in [-0.2, -0.15) is 0 Å². The Hall–Kier alpha value is -8.13. The van der Waals surface area contributed by atoms with Crippen LogP contribution in [0.3, 0.4) is 0 Å². The lowest BCUT2D eigenvalue weighted by Gasteiger charge is -2.47. The van der Waals surface area contributed by atoms with E-state index in [0.29, 0.717) is 75.5 Å². The van der Waals surface area contributed by atoms with Gasteiger partial charge in [-0.05, 0) is 165 Å². The van der Waals surface area contributed by atoms with Gasteiger partial charge in [-0.25, -0.2) is 22.8 Å². The van der Waals surface area contributed by atoms with Crippen LogP contribution in [-0.2, 0) is 66.1 Å². The third-order valence-electron chi connectivity index (χ3n) is 17.9. The van der Waals surface area contributed by atoms with E-state index in [0.717, 1.165) is 34.2 Å². The first-order valence-electron chi connectivity index (χ1n) is 31.7. The van der Waals surface area contributed by atoms with Crippen LogP contribution in [0, 0.1) is 23.4 Å². The lowest BCUT2D eigenvalue weighted by atomic mass is 9.83. The van der Waals surface area contributed by atoms with Gasteiger partial charge in [0.05, 0.1) is 31.7 Å². The minimum absolute atomic E-state index is 0.0611. The fraction of sp³-hybridized carbons (Fsp3) is 0.529. The number of hydrogen-bond donors (Lipinski definition) is 4. The van der Waals surface area contributed by atoms with Crippen LogP contribution in [-0.4, -0.2) is 193 Å². The molecule has 5 aliphatic heterocycles. The molecule has 4 aromatic carbocycles. The number of carbonyl (C=O) groups is 8. The van der Waals surface area contributed by atoms with E-state index in [1.807, 2.05) is 39.8 Å². The molecule has 0 aromatic heterocycles. The number of likely N-dealkylation sites (N-methyl/N-ethyl adjacent to an activating group) is 1. The van der Waals surface area contributed by atoms with Crippen molar-refractivity contribution in [3.05, 3.63) is 124 Å². The lowest BCUT2D eigenvalue weighted by molar-refractivity contribution is -0.144. The van der Waals surface area contributed by atoms with Crippen LogP contribution in [0.4, 0.5) is 39.8 Å². The number of nitrogens with zero attached hydrogens (tertiary/aromatic N) is 6. The third kappa shape index (κ3) is 16.4. The quantitative estimate of drug-likeness (QED) is 0.0813. The van der Waals surface area contributed by atoms with Gasteiger partial charge in [0.1, 0.15) is 52.5 Å². The van der Waals surface area contributed by atoms with Crippen molar-refractivity contribution in [2.24, 2.45) is 5.92 Å². The number of anilines is 3. The van der Waals surface area contributed by atoms with Gasteiger partial charge in [0.25, 0.3) is 5.91 Å². The highest BCUT2D eigenvalue weighted by molar-refractivity contribution is 6.05. The highest BCUT2D eigenvalue weighted by Gasteiger charge is 2.49. The van der Waals surface area contributed by atoms with Crippen molar-refractivity contribution in [1.82, 2.24) is 35.1 Å².